The summed E-state index contributed by atoms with van der Waals surface area (Å²) in [5, 5.41) is 14.2. The first-order valence-corrected chi connectivity index (χ1v) is 6.57. The summed E-state index contributed by atoms with van der Waals surface area (Å²) < 4.78 is 2.38. The van der Waals surface area contributed by atoms with Gasteiger partial charge in [0.25, 0.3) is 5.78 Å². The highest BCUT2D eigenvalue weighted by molar-refractivity contribution is 9.10. The molecule has 5 nitrogen and oxygen atoms in total. The summed E-state index contributed by atoms with van der Waals surface area (Å²) in [6.07, 6.45) is 1.98. The Bertz CT molecular complexity index is 736. The molecule has 2 heterocycles. The van der Waals surface area contributed by atoms with Gasteiger partial charge in [0.05, 0.1) is 5.69 Å². The number of fused-ring (bicyclic) bond motifs is 1. The summed E-state index contributed by atoms with van der Waals surface area (Å²) in [6, 6.07) is 7.97. The molecule has 0 spiro atoms. The maximum absolute atomic E-state index is 10.2. The molecule has 0 atom stereocenters. The largest absolute Gasteiger partial charge is 0.493 e. The van der Waals surface area contributed by atoms with Gasteiger partial charge in [0.2, 0.25) is 5.88 Å². The standard InChI is InChI=1S/C13H11BrN4O/c1-8-11(6-9-2-4-10(14)5-3-9)12(19)18-13(17-8)15-7-16-18/h2-5,7,19H,6H2,1H3. The zero-order chi connectivity index (χ0) is 13.4. The second kappa shape index (κ2) is 4.62. The van der Waals surface area contributed by atoms with Crippen molar-refractivity contribution in [3.63, 3.8) is 0 Å². The molecule has 0 radical (unpaired) electrons. The van der Waals surface area contributed by atoms with Crippen LogP contribution in [0.2, 0.25) is 0 Å². The molecule has 0 fully saturated rings. The molecule has 3 aromatic rings. The second-order valence-corrected chi connectivity index (χ2v) is 5.19. The predicted molar refractivity (Wildman–Crippen MR) is 74.1 cm³/mol. The Labute approximate surface area is 118 Å². The van der Waals surface area contributed by atoms with E-state index in [1.165, 1.54) is 10.8 Å². The summed E-state index contributed by atoms with van der Waals surface area (Å²) in [4.78, 5) is 8.30. The van der Waals surface area contributed by atoms with Crippen LogP contribution < -0.4 is 0 Å². The normalized spacial score (nSPS) is 11.1. The first-order valence-electron chi connectivity index (χ1n) is 5.78. The lowest BCUT2D eigenvalue weighted by atomic mass is 10.1. The van der Waals surface area contributed by atoms with Crippen molar-refractivity contribution in [2.45, 2.75) is 13.3 Å². The van der Waals surface area contributed by atoms with Crippen molar-refractivity contribution in [3.05, 3.63) is 51.9 Å². The van der Waals surface area contributed by atoms with Gasteiger partial charge in [0, 0.05) is 16.5 Å². The molecule has 0 bridgehead atoms. The maximum atomic E-state index is 10.2. The summed E-state index contributed by atoms with van der Waals surface area (Å²) >= 11 is 3.40. The molecule has 1 aromatic carbocycles. The number of aryl methyl sites for hydroxylation is 1. The third kappa shape index (κ3) is 2.19. The number of halogens is 1. The molecule has 0 saturated carbocycles. The van der Waals surface area contributed by atoms with Crippen LogP contribution in [0.15, 0.2) is 35.1 Å². The van der Waals surface area contributed by atoms with E-state index in [4.69, 9.17) is 0 Å². The van der Waals surface area contributed by atoms with E-state index in [0.717, 1.165) is 21.3 Å². The van der Waals surface area contributed by atoms with Gasteiger partial charge in [0.15, 0.2) is 0 Å². The van der Waals surface area contributed by atoms with Crippen molar-refractivity contribution in [1.29, 1.82) is 0 Å². The molecule has 96 valence electrons. The maximum Gasteiger partial charge on any atom is 0.255 e. The third-order valence-corrected chi connectivity index (χ3v) is 3.53. The summed E-state index contributed by atoms with van der Waals surface area (Å²) in [5.74, 6) is 0.512. The lowest BCUT2D eigenvalue weighted by molar-refractivity contribution is 0.428. The van der Waals surface area contributed by atoms with Gasteiger partial charge < -0.3 is 5.11 Å². The van der Waals surface area contributed by atoms with Crippen molar-refractivity contribution in [2.24, 2.45) is 0 Å². The van der Waals surface area contributed by atoms with Gasteiger partial charge >= 0.3 is 0 Å². The van der Waals surface area contributed by atoms with Crippen LogP contribution in [0.4, 0.5) is 0 Å². The first-order chi connectivity index (χ1) is 9.15. The van der Waals surface area contributed by atoms with Crippen LogP contribution >= 0.6 is 15.9 Å². The molecular weight excluding hydrogens is 308 g/mol. The van der Waals surface area contributed by atoms with E-state index in [2.05, 4.69) is 31.0 Å². The number of aromatic hydroxyl groups is 1. The van der Waals surface area contributed by atoms with E-state index < -0.39 is 0 Å². The van der Waals surface area contributed by atoms with Gasteiger partial charge in [0.1, 0.15) is 6.33 Å². The topological polar surface area (TPSA) is 63.3 Å². The van der Waals surface area contributed by atoms with Crippen LogP contribution in [0.3, 0.4) is 0 Å². The van der Waals surface area contributed by atoms with Crippen molar-refractivity contribution in [3.8, 4) is 5.88 Å². The zero-order valence-electron chi connectivity index (χ0n) is 10.2. The van der Waals surface area contributed by atoms with Crippen LogP contribution in [0.1, 0.15) is 16.8 Å². The minimum atomic E-state index is 0.0999. The highest BCUT2D eigenvalue weighted by Gasteiger charge is 2.13. The minimum absolute atomic E-state index is 0.0999. The predicted octanol–water partition coefficient (Wildman–Crippen LogP) is 2.49. The molecule has 1 N–H and O–H groups in total. The monoisotopic (exact) mass is 318 g/mol. The average molecular weight is 319 g/mol. The molecule has 2 aromatic heterocycles. The average Bonchev–Trinajstić information content (AvgIpc) is 2.85. The minimum Gasteiger partial charge on any atom is -0.493 e. The lowest BCUT2D eigenvalue weighted by Crippen LogP contribution is -2.02. The van der Waals surface area contributed by atoms with E-state index in [0.29, 0.717) is 12.2 Å². The van der Waals surface area contributed by atoms with Crippen LogP contribution in [-0.4, -0.2) is 24.7 Å². The molecule has 0 unspecified atom stereocenters. The van der Waals surface area contributed by atoms with E-state index >= 15 is 0 Å². The molecule has 0 aliphatic rings. The van der Waals surface area contributed by atoms with E-state index in [9.17, 15) is 5.11 Å². The quantitative estimate of drug-likeness (QED) is 0.788. The molecule has 3 rings (SSSR count). The first kappa shape index (κ1) is 12.1. The summed E-state index contributed by atoms with van der Waals surface area (Å²) in [7, 11) is 0. The van der Waals surface area contributed by atoms with Crippen LogP contribution in [0.25, 0.3) is 5.78 Å². The Kier molecular flexibility index (Phi) is 2.94. The number of benzene rings is 1. The SMILES string of the molecule is Cc1nc2ncnn2c(O)c1Cc1ccc(Br)cc1. The molecule has 19 heavy (non-hydrogen) atoms. The smallest absolute Gasteiger partial charge is 0.255 e. The van der Waals surface area contributed by atoms with E-state index in [1.54, 1.807) is 0 Å². The highest BCUT2D eigenvalue weighted by atomic mass is 79.9. The van der Waals surface area contributed by atoms with Gasteiger partial charge in [-0.1, -0.05) is 28.1 Å². The fourth-order valence-electron chi connectivity index (χ4n) is 1.98. The van der Waals surface area contributed by atoms with Crippen LogP contribution in [0, 0.1) is 6.92 Å². The summed E-state index contributed by atoms with van der Waals surface area (Å²) in [5.41, 5.74) is 2.63. The summed E-state index contributed by atoms with van der Waals surface area (Å²) in [6.45, 7) is 1.86. The number of hydrogen-bond donors (Lipinski definition) is 1. The Hall–Kier alpha value is -1.95. The Morgan fingerprint density at radius 1 is 1.26 bits per heavy atom. The van der Waals surface area contributed by atoms with Crippen molar-refractivity contribution in [2.75, 3.05) is 0 Å². The number of hydrogen-bond acceptors (Lipinski definition) is 4. The Morgan fingerprint density at radius 2 is 2.00 bits per heavy atom. The van der Waals surface area contributed by atoms with Gasteiger partial charge in [-0.25, -0.2) is 4.98 Å². The fourth-order valence-corrected chi connectivity index (χ4v) is 2.25. The molecule has 0 aliphatic heterocycles. The number of nitrogens with zero attached hydrogens (tertiary/aromatic N) is 4. The molecule has 0 aliphatic carbocycles. The van der Waals surface area contributed by atoms with Gasteiger partial charge in [-0.2, -0.15) is 14.6 Å². The van der Waals surface area contributed by atoms with Crippen LogP contribution in [0.5, 0.6) is 5.88 Å². The van der Waals surface area contributed by atoms with Crippen molar-refractivity contribution >= 4 is 21.7 Å². The molecule has 6 heteroatoms. The Morgan fingerprint density at radius 3 is 2.74 bits per heavy atom. The fraction of sp³-hybridized carbons (Fsp3) is 0.154. The molecule has 0 saturated heterocycles. The number of aromatic nitrogens is 4. The lowest BCUT2D eigenvalue weighted by Gasteiger charge is -2.09. The van der Waals surface area contributed by atoms with Gasteiger partial charge in [-0.05, 0) is 24.6 Å². The van der Waals surface area contributed by atoms with Crippen molar-refractivity contribution < 1.29 is 5.11 Å². The van der Waals surface area contributed by atoms with Crippen molar-refractivity contribution in [1.82, 2.24) is 19.6 Å². The third-order valence-electron chi connectivity index (χ3n) is 3.00. The molecular formula is C13H11BrN4O. The molecule has 0 amide bonds. The number of rotatable bonds is 2. The van der Waals surface area contributed by atoms with Gasteiger partial charge in [-0.3, -0.25) is 0 Å². The van der Waals surface area contributed by atoms with Crippen LogP contribution in [-0.2, 0) is 6.42 Å². The highest BCUT2D eigenvalue weighted by Crippen LogP contribution is 2.23. The second-order valence-electron chi connectivity index (χ2n) is 4.27. The van der Waals surface area contributed by atoms with Gasteiger partial charge in [-0.15, -0.1) is 0 Å². The zero-order valence-corrected chi connectivity index (χ0v) is 11.8. The van der Waals surface area contributed by atoms with E-state index in [-0.39, 0.29) is 5.88 Å². The van der Waals surface area contributed by atoms with E-state index in [1.807, 2.05) is 31.2 Å². The Balaban J connectivity index is 2.06.